The molecule has 9 rings (SSSR count). The summed E-state index contributed by atoms with van der Waals surface area (Å²) in [5, 5.41) is 30.2. The molecule has 18 heteroatoms. The van der Waals surface area contributed by atoms with Crippen molar-refractivity contribution in [3.05, 3.63) is 113 Å². The SMILES string of the molecule is CC(C)Nc1cc(-c2cnc(N3CCC(c4cc5cc(-c6ccccc6O)nnc5s4)CC3)nc2)no1.Cc1ncsc1-c1ccc(CNC(=O)C2=CCCN2C=O)cc1.OS. The summed E-state index contributed by atoms with van der Waals surface area (Å²) in [5.41, 5.74) is 8.37. The third kappa shape index (κ3) is 10.4. The molecule has 0 radical (unpaired) electrons. The molecule has 1 fully saturated rings. The highest BCUT2D eigenvalue weighted by Gasteiger charge is 2.25. The van der Waals surface area contributed by atoms with Crippen molar-refractivity contribution in [1.82, 2.24) is 40.5 Å². The minimum atomic E-state index is -0.211. The van der Waals surface area contributed by atoms with Gasteiger partial charge in [0, 0.05) is 72.1 Å². The molecule has 0 spiro atoms. The molecule has 4 N–H and O–H groups in total. The molecular formula is C44H46N10O5S3. The van der Waals surface area contributed by atoms with Crippen LogP contribution in [0.3, 0.4) is 0 Å². The van der Waals surface area contributed by atoms with Gasteiger partial charge in [0.2, 0.25) is 18.2 Å². The number of phenols is 1. The third-order valence-electron chi connectivity index (χ3n) is 10.3. The van der Waals surface area contributed by atoms with Crippen LogP contribution >= 0.6 is 35.6 Å². The number of carbonyl (C=O) groups is 2. The van der Waals surface area contributed by atoms with Crippen LogP contribution in [0.2, 0.25) is 0 Å². The van der Waals surface area contributed by atoms with Crippen LogP contribution in [0.4, 0.5) is 11.8 Å². The fourth-order valence-electron chi connectivity index (χ4n) is 7.18. The summed E-state index contributed by atoms with van der Waals surface area (Å²) in [7, 11) is 0. The van der Waals surface area contributed by atoms with Crippen molar-refractivity contribution in [2.45, 2.75) is 58.5 Å². The lowest BCUT2D eigenvalue weighted by Crippen LogP contribution is -2.33. The second-order valence-corrected chi connectivity index (χ2v) is 16.8. The van der Waals surface area contributed by atoms with Crippen molar-refractivity contribution in [1.29, 1.82) is 0 Å². The van der Waals surface area contributed by atoms with Gasteiger partial charge in [-0.05, 0) is 94.3 Å². The lowest BCUT2D eigenvalue weighted by molar-refractivity contribution is -0.123. The van der Waals surface area contributed by atoms with Crippen molar-refractivity contribution in [3.63, 3.8) is 0 Å². The minimum Gasteiger partial charge on any atom is -0.507 e. The monoisotopic (exact) mass is 890 g/mol. The maximum Gasteiger partial charge on any atom is 0.267 e. The molecule has 0 unspecified atom stereocenters. The number of piperidine rings is 1. The van der Waals surface area contributed by atoms with E-state index in [1.165, 1.54) is 14.7 Å². The van der Waals surface area contributed by atoms with Crippen LogP contribution in [0.25, 0.3) is 43.2 Å². The van der Waals surface area contributed by atoms with E-state index in [1.807, 2.05) is 74.8 Å². The summed E-state index contributed by atoms with van der Waals surface area (Å²) in [6, 6.07) is 21.7. The van der Waals surface area contributed by atoms with E-state index in [-0.39, 0.29) is 17.7 Å². The van der Waals surface area contributed by atoms with Crippen molar-refractivity contribution < 1.29 is 23.8 Å². The Morgan fingerprint density at radius 1 is 0.968 bits per heavy atom. The van der Waals surface area contributed by atoms with Gasteiger partial charge >= 0.3 is 0 Å². The van der Waals surface area contributed by atoms with Crippen LogP contribution < -0.4 is 15.5 Å². The topological polar surface area (TPSA) is 196 Å². The fourth-order valence-corrected chi connectivity index (χ4v) is 9.12. The second kappa shape index (κ2) is 20.6. The highest BCUT2D eigenvalue weighted by Crippen LogP contribution is 2.38. The Labute approximate surface area is 372 Å². The predicted octanol–water partition coefficient (Wildman–Crippen LogP) is 8.58. The van der Waals surface area contributed by atoms with Crippen LogP contribution in [-0.2, 0) is 16.1 Å². The number of nitrogens with zero attached hydrogens (tertiary/aromatic N) is 8. The highest BCUT2D eigenvalue weighted by molar-refractivity contribution is 7.74. The smallest absolute Gasteiger partial charge is 0.267 e. The van der Waals surface area contributed by atoms with Gasteiger partial charge in [0.05, 0.1) is 21.8 Å². The Bertz CT molecular complexity index is 2620. The summed E-state index contributed by atoms with van der Waals surface area (Å²) < 4.78 is 12.0. The minimum absolute atomic E-state index is 0.211. The van der Waals surface area contributed by atoms with Crippen LogP contribution in [0.15, 0.2) is 101 Å². The number of aromatic nitrogens is 6. The quantitative estimate of drug-likeness (QED) is 0.0471. The third-order valence-corrected chi connectivity index (χ3v) is 12.5. The number of nitrogens with one attached hydrogen (secondary N) is 2. The first kappa shape index (κ1) is 43.9. The first-order valence-corrected chi connectivity index (χ1v) is 22.1. The van der Waals surface area contributed by atoms with E-state index in [4.69, 9.17) is 9.08 Å². The van der Waals surface area contributed by atoms with E-state index in [0.29, 0.717) is 54.0 Å². The highest BCUT2D eigenvalue weighted by atomic mass is 32.1. The normalized spacial score (nSPS) is 13.9. The number of carbonyl (C=O) groups excluding carboxylic acids is 2. The lowest BCUT2D eigenvalue weighted by Gasteiger charge is -2.31. The number of phenolic OH excluding ortho intramolecular Hbond substituents is 1. The molecule has 1 saturated heterocycles. The van der Waals surface area contributed by atoms with E-state index in [0.717, 1.165) is 70.9 Å². The summed E-state index contributed by atoms with van der Waals surface area (Å²) >= 11 is 5.85. The first-order valence-electron chi connectivity index (χ1n) is 20.0. The Balaban J connectivity index is 0.000000199. The number of fused-ring (bicyclic) bond motifs is 1. The van der Waals surface area contributed by atoms with E-state index in [9.17, 15) is 14.7 Å². The zero-order chi connectivity index (χ0) is 43.6. The number of thiazole rings is 1. The van der Waals surface area contributed by atoms with Gasteiger partial charge in [0.15, 0.2) is 0 Å². The number of anilines is 2. The number of rotatable bonds is 11. The average molecular weight is 891 g/mol. The fraction of sp³-hybridized carbons (Fsp3) is 0.273. The molecule has 2 amide bonds. The van der Waals surface area contributed by atoms with Crippen LogP contribution in [0, 0.1) is 6.92 Å². The van der Waals surface area contributed by atoms with Gasteiger partial charge < -0.3 is 34.6 Å². The number of hydrogen-bond acceptors (Lipinski definition) is 16. The summed E-state index contributed by atoms with van der Waals surface area (Å²) in [6.07, 6.45) is 8.86. The second-order valence-electron chi connectivity index (χ2n) is 14.9. The Kier molecular flexibility index (Phi) is 14.6. The van der Waals surface area contributed by atoms with Crippen LogP contribution in [0.1, 0.15) is 55.2 Å². The Morgan fingerprint density at radius 2 is 1.73 bits per heavy atom. The number of hydrogen-bond donors (Lipinski definition) is 5. The van der Waals surface area contributed by atoms with E-state index in [1.54, 1.807) is 53.3 Å². The lowest BCUT2D eigenvalue weighted by atomic mass is 9.95. The van der Waals surface area contributed by atoms with Gasteiger partial charge in [0.1, 0.15) is 22.0 Å². The molecule has 320 valence electrons. The summed E-state index contributed by atoms with van der Waals surface area (Å²) in [5.74, 6) is 1.84. The number of thiophene rings is 1. The van der Waals surface area contributed by atoms with E-state index >= 15 is 0 Å². The van der Waals surface area contributed by atoms with E-state index in [2.05, 4.69) is 64.8 Å². The number of thiol groups is 1. The number of benzene rings is 2. The van der Waals surface area contributed by atoms with Crippen molar-refractivity contribution in [3.8, 4) is 38.7 Å². The molecule has 15 nitrogen and oxygen atoms in total. The van der Waals surface area contributed by atoms with Crippen molar-refractivity contribution in [2.75, 3.05) is 29.9 Å². The standard InChI is InChI=1S/C27H27N7O2S.C17H17N3O2S.H2OS/c1-16(2)30-25-13-21(33-36-25)19-14-28-27(29-15-19)34-9-7-17(8-10-34)24-12-18-11-22(31-32-26(18)37-24)20-5-3-4-6-23(20)35;1-12-16(23-10-19-12)14-6-4-13(5-7-14)9-18-17(22)15-3-2-8-20(15)11-21;1-2/h3-6,11-17,30,35H,7-10H2,1-2H3;3-7,10-11H,2,8-9H2,1H3,(H,18,22);1-2H. The van der Waals surface area contributed by atoms with Gasteiger partial charge in [-0.1, -0.05) is 47.6 Å². The molecular weight excluding hydrogens is 845 g/mol. The molecule has 62 heavy (non-hydrogen) atoms. The van der Waals surface area contributed by atoms with Crippen LogP contribution in [-0.4, -0.2) is 82.9 Å². The van der Waals surface area contributed by atoms with Crippen LogP contribution in [0.5, 0.6) is 5.75 Å². The van der Waals surface area contributed by atoms with Gasteiger partial charge in [-0.2, -0.15) is 0 Å². The van der Waals surface area contributed by atoms with Crippen molar-refractivity contribution in [2.24, 2.45) is 0 Å². The maximum atomic E-state index is 12.1. The maximum absolute atomic E-state index is 12.1. The number of amides is 2. The largest absolute Gasteiger partial charge is 0.507 e. The average Bonchev–Trinajstić information content (AvgIpc) is 4.14. The Morgan fingerprint density at radius 3 is 2.42 bits per heavy atom. The molecule has 0 saturated carbocycles. The molecule has 0 atom stereocenters. The molecule has 2 aromatic carbocycles. The molecule has 5 aromatic heterocycles. The summed E-state index contributed by atoms with van der Waals surface area (Å²) in [6.45, 7) is 8.88. The van der Waals surface area contributed by atoms with Gasteiger partial charge in [-0.25, -0.2) is 15.0 Å². The van der Waals surface area contributed by atoms with E-state index < -0.39 is 0 Å². The first-order chi connectivity index (χ1) is 30.2. The summed E-state index contributed by atoms with van der Waals surface area (Å²) in [4.78, 5) is 43.5. The molecule has 7 heterocycles. The molecule has 0 aliphatic carbocycles. The number of aryl methyl sites for hydroxylation is 1. The number of para-hydroxylation sites is 1. The Hall–Kier alpha value is -6.21. The molecule has 0 bridgehead atoms. The van der Waals surface area contributed by atoms with Crippen molar-refractivity contribution >= 4 is 69.9 Å². The molecule has 2 aliphatic rings. The zero-order valence-electron chi connectivity index (χ0n) is 34.3. The predicted molar refractivity (Wildman–Crippen MR) is 246 cm³/mol. The van der Waals surface area contributed by atoms with Gasteiger partial charge in [0.25, 0.3) is 5.91 Å². The number of aromatic hydroxyl groups is 1. The van der Waals surface area contributed by atoms with Gasteiger partial charge in [-0.3, -0.25) is 9.59 Å². The molecule has 2 aliphatic heterocycles. The molecule has 7 aromatic rings. The zero-order valence-corrected chi connectivity index (χ0v) is 36.8. The van der Waals surface area contributed by atoms with Gasteiger partial charge in [-0.15, -0.1) is 32.9 Å².